The molecule has 0 atom stereocenters. The molecule has 0 aliphatic carbocycles. The fourth-order valence-corrected chi connectivity index (χ4v) is 5.46. The van der Waals surface area contributed by atoms with E-state index in [1.807, 2.05) is 12.1 Å². The number of fused-ring (bicyclic) bond motifs is 2. The lowest BCUT2D eigenvalue weighted by Gasteiger charge is -2.43. The summed E-state index contributed by atoms with van der Waals surface area (Å²) in [5.74, 6) is 1.68. The fourth-order valence-electron chi connectivity index (χ4n) is 5.46. The van der Waals surface area contributed by atoms with Gasteiger partial charge < -0.3 is 14.0 Å². The zero-order valence-electron chi connectivity index (χ0n) is 20.6. The highest BCUT2D eigenvalue weighted by Gasteiger charge is 2.55. The van der Waals surface area contributed by atoms with E-state index in [1.54, 1.807) is 0 Å². The van der Waals surface area contributed by atoms with Crippen LogP contribution in [0.1, 0.15) is 49.9 Å². The molecule has 3 nitrogen and oxygen atoms in total. The van der Waals surface area contributed by atoms with Crippen molar-refractivity contribution in [2.45, 2.75) is 44.3 Å². The number of para-hydroxylation sites is 1. The van der Waals surface area contributed by atoms with Crippen LogP contribution in [-0.2, 0) is 14.7 Å². The van der Waals surface area contributed by atoms with Crippen LogP contribution in [0.3, 0.4) is 0 Å². The summed E-state index contributed by atoms with van der Waals surface area (Å²) in [6, 6.07) is 36.0. The van der Waals surface area contributed by atoms with Gasteiger partial charge in [-0.1, -0.05) is 91.0 Å². The molecule has 0 bridgehead atoms. The van der Waals surface area contributed by atoms with Gasteiger partial charge in [-0.05, 0) is 56.4 Å². The molecule has 1 saturated heterocycles. The molecule has 0 unspecified atom stereocenters. The average Bonchev–Trinajstić information content (AvgIpc) is 3.09. The van der Waals surface area contributed by atoms with Crippen LogP contribution in [0.2, 0.25) is 0 Å². The van der Waals surface area contributed by atoms with Crippen LogP contribution >= 0.6 is 0 Å². The summed E-state index contributed by atoms with van der Waals surface area (Å²) in [6.07, 6.45) is 0. The molecule has 2 heterocycles. The van der Waals surface area contributed by atoms with Crippen LogP contribution in [0.15, 0.2) is 103 Å². The lowest BCUT2D eigenvalue weighted by atomic mass is 9.58. The molecule has 4 heteroatoms. The molecule has 0 saturated carbocycles. The summed E-state index contributed by atoms with van der Waals surface area (Å²) in [5, 5.41) is 0. The Bertz CT molecular complexity index is 1320. The molecule has 0 radical (unpaired) electrons. The van der Waals surface area contributed by atoms with E-state index in [1.165, 1.54) is 11.1 Å². The first-order valence-corrected chi connectivity index (χ1v) is 12.2. The van der Waals surface area contributed by atoms with Crippen LogP contribution in [0.4, 0.5) is 0 Å². The lowest BCUT2D eigenvalue weighted by Crippen LogP contribution is -2.45. The Kier molecular flexibility index (Phi) is 4.96. The second-order valence-electron chi connectivity index (χ2n) is 10.4. The van der Waals surface area contributed by atoms with Gasteiger partial charge in [0.05, 0.1) is 16.6 Å². The maximum Gasteiger partial charge on any atom is 0.495 e. The van der Waals surface area contributed by atoms with Crippen molar-refractivity contribution < 1.29 is 14.0 Å². The quantitative estimate of drug-likeness (QED) is 0.289. The fraction of sp³-hybridized carbons (Fsp3) is 0.226. The Morgan fingerprint density at radius 1 is 0.543 bits per heavy atom. The van der Waals surface area contributed by atoms with Gasteiger partial charge in [-0.15, -0.1) is 0 Å². The minimum atomic E-state index is -0.604. The largest absolute Gasteiger partial charge is 0.495 e. The summed E-state index contributed by atoms with van der Waals surface area (Å²) in [7, 11) is -0.518. The van der Waals surface area contributed by atoms with E-state index in [4.69, 9.17) is 14.0 Å². The Morgan fingerprint density at radius 2 is 1.06 bits per heavy atom. The third-order valence-electron chi connectivity index (χ3n) is 7.87. The van der Waals surface area contributed by atoms with Crippen molar-refractivity contribution in [2.75, 3.05) is 0 Å². The molecule has 2 aliphatic rings. The zero-order valence-corrected chi connectivity index (χ0v) is 20.6. The highest BCUT2D eigenvalue weighted by molar-refractivity contribution is 6.63. The van der Waals surface area contributed by atoms with E-state index >= 15 is 0 Å². The van der Waals surface area contributed by atoms with Crippen molar-refractivity contribution in [2.24, 2.45) is 0 Å². The Labute approximate surface area is 207 Å². The van der Waals surface area contributed by atoms with Crippen molar-refractivity contribution >= 4 is 12.6 Å². The summed E-state index contributed by atoms with van der Waals surface area (Å²) in [5.41, 5.74) is 4.00. The van der Waals surface area contributed by atoms with E-state index < -0.39 is 23.7 Å². The smallest absolute Gasteiger partial charge is 0.457 e. The van der Waals surface area contributed by atoms with Crippen molar-refractivity contribution in [3.8, 4) is 11.5 Å². The van der Waals surface area contributed by atoms with Gasteiger partial charge >= 0.3 is 7.12 Å². The van der Waals surface area contributed by atoms with E-state index in [9.17, 15) is 0 Å². The number of ether oxygens (including phenoxy) is 1. The second kappa shape index (κ2) is 7.84. The van der Waals surface area contributed by atoms with E-state index in [2.05, 4.69) is 119 Å². The normalized spacial score (nSPS) is 18.9. The first kappa shape index (κ1) is 22.1. The second-order valence-corrected chi connectivity index (χ2v) is 10.4. The maximum absolute atomic E-state index is 6.59. The van der Waals surface area contributed by atoms with Crippen molar-refractivity contribution in [1.29, 1.82) is 0 Å². The molecule has 0 aromatic heterocycles. The molecule has 0 N–H and O–H groups in total. The van der Waals surface area contributed by atoms with Gasteiger partial charge in [-0.2, -0.15) is 0 Å². The van der Waals surface area contributed by atoms with Crippen LogP contribution in [0.25, 0.3) is 0 Å². The Hall–Kier alpha value is -3.34. The molecule has 1 fully saturated rings. The van der Waals surface area contributed by atoms with Gasteiger partial charge in [0.1, 0.15) is 11.5 Å². The van der Waals surface area contributed by atoms with Crippen LogP contribution < -0.4 is 10.2 Å². The zero-order chi connectivity index (χ0) is 24.3. The molecule has 6 rings (SSSR count). The first-order valence-electron chi connectivity index (χ1n) is 12.2. The van der Waals surface area contributed by atoms with Gasteiger partial charge in [0.25, 0.3) is 0 Å². The van der Waals surface area contributed by atoms with Gasteiger partial charge in [-0.3, -0.25) is 0 Å². The summed E-state index contributed by atoms with van der Waals surface area (Å²) in [6.45, 7) is 8.37. The van der Waals surface area contributed by atoms with E-state index in [-0.39, 0.29) is 0 Å². The predicted molar refractivity (Wildman–Crippen MR) is 141 cm³/mol. The van der Waals surface area contributed by atoms with Gasteiger partial charge in [0.2, 0.25) is 0 Å². The molecular weight excluding hydrogens is 431 g/mol. The minimum absolute atomic E-state index is 0.448. The molecule has 0 spiro atoms. The van der Waals surface area contributed by atoms with Crippen LogP contribution in [-0.4, -0.2) is 18.3 Å². The SMILES string of the molecule is CC1(C)OB(c2cccc3c2C(c2ccccc2)(c2ccccc2)c2ccccc2O3)OC1(C)C. The maximum atomic E-state index is 6.59. The van der Waals surface area contributed by atoms with E-state index in [0.29, 0.717) is 0 Å². The lowest BCUT2D eigenvalue weighted by molar-refractivity contribution is 0.00578. The summed E-state index contributed by atoms with van der Waals surface area (Å²) < 4.78 is 19.8. The molecular formula is C31H29BO3. The van der Waals surface area contributed by atoms with Gasteiger partial charge in [-0.25, -0.2) is 0 Å². The monoisotopic (exact) mass is 460 g/mol. The third kappa shape index (κ3) is 3.21. The standard InChI is InChI=1S/C31H29BO3/c1-29(2)30(3,4)35-32(34-29)25-19-13-21-27-28(25)31(22-14-7-5-8-15-22,23-16-9-6-10-17-23)24-18-11-12-20-26(24)33-27/h5-21H,1-4H3. The minimum Gasteiger partial charge on any atom is -0.457 e. The van der Waals surface area contributed by atoms with E-state index in [0.717, 1.165) is 28.1 Å². The van der Waals surface area contributed by atoms with Crippen molar-refractivity contribution in [3.63, 3.8) is 0 Å². The molecule has 174 valence electrons. The molecule has 2 aliphatic heterocycles. The Morgan fingerprint density at radius 3 is 1.66 bits per heavy atom. The Balaban J connectivity index is 1.72. The third-order valence-corrected chi connectivity index (χ3v) is 7.87. The molecule has 35 heavy (non-hydrogen) atoms. The topological polar surface area (TPSA) is 27.7 Å². The molecule has 4 aromatic carbocycles. The van der Waals surface area contributed by atoms with Gasteiger partial charge in [0.15, 0.2) is 0 Å². The van der Waals surface area contributed by atoms with Crippen LogP contribution in [0, 0.1) is 0 Å². The number of benzene rings is 4. The highest BCUT2D eigenvalue weighted by Crippen LogP contribution is 2.55. The highest BCUT2D eigenvalue weighted by atomic mass is 16.7. The summed E-state index contributed by atoms with van der Waals surface area (Å²) >= 11 is 0. The predicted octanol–water partition coefficient (Wildman–Crippen LogP) is 6.47. The van der Waals surface area contributed by atoms with Crippen molar-refractivity contribution in [1.82, 2.24) is 0 Å². The first-order chi connectivity index (χ1) is 16.8. The van der Waals surface area contributed by atoms with Crippen LogP contribution in [0.5, 0.6) is 11.5 Å². The summed E-state index contributed by atoms with van der Waals surface area (Å²) in [4.78, 5) is 0. The number of hydrogen-bond acceptors (Lipinski definition) is 3. The number of hydrogen-bond donors (Lipinski definition) is 0. The van der Waals surface area contributed by atoms with Gasteiger partial charge in [0, 0.05) is 11.1 Å². The molecule has 4 aromatic rings. The molecule has 0 amide bonds. The number of rotatable bonds is 3. The average molecular weight is 460 g/mol. The van der Waals surface area contributed by atoms with Crippen molar-refractivity contribution in [3.05, 3.63) is 125 Å².